The van der Waals surface area contributed by atoms with Crippen LogP contribution in [0.5, 0.6) is 0 Å². The van der Waals surface area contributed by atoms with Crippen molar-refractivity contribution in [3.8, 4) is 0 Å². The van der Waals surface area contributed by atoms with Crippen molar-refractivity contribution in [2.75, 3.05) is 6.61 Å². The van der Waals surface area contributed by atoms with Gasteiger partial charge in [-0.3, -0.25) is 0 Å². The van der Waals surface area contributed by atoms with Crippen molar-refractivity contribution in [1.82, 2.24) is 5.32 Å². The van der Waals surface area contributed by atoms with Gasteiger partial charge in [0.2, 0.25) is 0 Å². The zero-order valence-corrected chi connectivity index (χ0v) is 18.3. The standard InChI is InChI=1S/C23H30ClN3O2/c1-6-10-19-21(23(28)29-7-2)20(16-11-8-9-12-18(16)24)17(22(25)27-19)13-26-15(5)14(3)4/h8-9,11-14,20,26H,5-7,10H2,1-4H3,(H2,25,27)/b17-13-. The average Bonchev–Trinajstić information content (AvgIpc) is 2.67. The Morgan fingerprint density at radius 1 is 1.38 bits per heavy atom. The summed E-state index contributed by atoms with van der Waals surface area (Å²) in [4.78, 5) is 17.5. The summed E-state index contributed by atoms with van der Waals surface area (Å²) in [5.41, 5.74) is 9.78. The van der Waals surface area contributed by atoms with E-state index < -0.39 is 11.9 Å². The number of hydrogen-bond acceptors (Lipinski definition) is 5. The summed E-state index contributed by atoms with van der Waals surface area (Å²) in [5, 5.41) is 3.76. The third-order valence-electron chi connectivity index (χ3n) is 4.77. The highest BCUT2D eigenvalue weighted by atomic mass is 35.5. The topological polar surface area (TPSA) is 76.7 Å². The minimum absolute atomic E-state index is 0.239. The van der Waals surface area contributed by atoms with Crippen LogP contribution in [0.4, 0.5) is 0 Å². The first-order chi connectivity index (χ1) is 13.8. The molecule has 29 heavy (non-hydrogen) atoms. The molecular weight excluding hydrogens is 386 g/mol. The Labute approximate surface area is 178 Å². The van der Waals surface area contributed by atoms with E-state index >= 15 is 0 Å². The van der Waals surface area contributed by atoms with Gasteiger partial charge in [-0.15, -0.1) is 0 Å². The van der Waals surface area contributed by atoms with E-state index in [1.54, 1.807) is 19.2 Å². The lowest BCUT2D eigenvalue weighted by atomic mass is 9.80. The largest absolute Gasteiger partial charge is 0.463 e. The van der Waals surface area contributed by atoms with Crippen LogP contribution in [-0.4, -0.2) is 18.4 Å². The average molecular weight is 416 g/mol. The second-order valence-electron chi connectivity index (χ2n) is 7.21. The van der Waals surface area contributed by atoms with Gasteiger partial charge in [-0.1, -0.05) is 63.6 Å². The molecule has 0 radical (unpaired) electrons. The number of nitrogens with one attached hydrogen (secondary N) is 1. The predicted molar refractivity (Wildman–Crippen MR) is 120 cm³/mol. The molecule has 1 heterocycles. The minimum atomic E-state index is -0.478. The molecule has 0 saturated heterocycles. The highest BCUT2D eigenvalue weighted by Gasteiger charge is 2.36. The summed E-state index contributed by atoms with van der Waals surface area (Å²) in [6.45, 7) is 12.2. The minimum Gasteiger partial charge on any atom is -0.463 e. The van der Waals surface area contributed by atoms with Crippen LogP contribution >= 0.6 is 11.6 Å². The first-order valence-corrected chi connectivity index (χ1v) is 10.3. The van der Waals surface area contributed by atoms with Crippen LogP contribution in [0.15, 0.2) is 64.6 Å². The highest BCUT2D eigenvalue weighted by molar-refractivity contribution is 6.31. The fraction of sp³-hybridized carbons (Fsp3) is 0.391. The number of nitrogens with zero attached hydrogens (tertiary/aromatic N) is 1. The molecule has 1 atom stereocenters. The quantitative estimate of drug-likeness (QED) is 0.582. The number of halogens is 1. The number of allylic oxidation sites excluding steroid dienone is 2. The van der Waals surface area contributed by atoms with Gasteiger partial charge >= 0.3 is 5.97 Å². The summed E-state index contributed by atoms with van der Waals surface area (Å²) in [6.07, 6.45) is 3.22. The molecule has 1 aromatic carbocycles. The molecule has 6 heteroatoms. The first-order valence-electron chi connectivity index (χ1n) is 9.96. The Morgan fingerprint density at radius 3 is 2.66 bits per heavy atom. The maximum atomic E-state index is 13.0. The zero-order valence-electron chi connectivity index (χ0n) is 17.6. The third-order valence-corrected chi connectivity index (χ3v) is 5.11. The number of benzene rings is 1. The molecular formula is C23H30ClN3O2. The maximum Gasteiger partial charge on any atom is 0.336 e. The van der Waals surface area contributed by atoms with E-state index in [-0.39, 0.29) is 12.5 Å². The Hall–Kier alpha value is -2.53. The number of amidine groups is 1. The predicted octanol–water partition coefficient (Wildman–Crippen LogP) is 5.05. The van der Waals surface area contributed by atoms with Gasteiger partial charge in [-0.05, 0) is 30.9 Å². The van der Waals surface area contributed by atoms with Gasteiger partial charge in [-0.25, -0.2) is 9.79 Å². The Bertz CT molecular complexity index is 869. The molecule has 0 aromatic heterocycles. The monoisotopic (exact) mass is 415 g/mol. The van der Waals surface area contributed by atoms with E-state index in [2.05, 4.69) is 16.9 Å². The van der Waals surface area contributed by atoms with Gasteiger partial charge in [0.05, 0.1) is 17.9 Å². The van der Waals surface area contributed by atoms with Gasteiger partial charge in [0.1, 0.15) is 5.84 Å². The van der Waals surface area contributed by atoms with Gasteiger partial charge < -0.3 is 15.8 Å². The number of ether oxygens (including phenoxy) is 1. The van der Waals surface area contributed by atoms with Crippen LogP contribution in [-0.2, 0) is 9.53 Å². The van der Waals surface area contributed by atoms with E-state index in [4.69, 9.17) is 22.1 Å². The number of rotatable bonds is 8. The van der Waals surface area contributed by atoms with Gasteiger partial charge in [0.15, 0.2) is 0 Å². The van der Waals surface area contributed by atoms with Crippen molar-refractivity contribution >= 4 is 23.4 Å². The van der Waals surface area contributed by atoms with E-state index in [0.717, 1.165) is 17.7 Å². The van der Waals surface area contributed by atoms with Crippen molar-refractivity contribution in [3.63, 3.8) is 0 Å². The lowest BCUT2D eigenvalue weighted by Crippen LogP contribution is -2.31. The number of aliphatic imine (C=N–C) groups is 1. The molecule has 0 bridgehead atoms. The third kappa shape index (κ3) is 5.30. The van der Waals surface area contributed by atoms with Crippen molar-refractivity contribution in [2.45, 2.75) is 46.5 Å². The number of carbonyl (C=O) groups is 1. The fourth-order valence-electron chi connectivity index (χ4n) is 3.14. The van der Waals surface area contributed by atoms with Crippen LogP contribution in [0.25, 0.3) is 0 Å². The molecule has 3 N–H and O–H groups in total. The summed E-state index contributed by atoms with van der Waals surface area (Å²) in [5.74, 6) is -0.279. The lowest BCUT2D eigenvalue weighted by molar-refractivity contribution is -0.138. The summed E-state index contributed by atoms with van der Waals surface area (Å²) in [6, 6.07) is 7.46. The van der Waals surface area contributed by atoms with Gasteiger partial charge in [0, 0.05) is 28.4 Å². The van der Waals surface area contributed by atoms with Crippen molar-refractivity contribution in [2.24, 2.45) is 16.6 Å². The molecule has 0 spiro atoms. The number of hydrogen-bond donors (Lipinski definition) is 2. The Balaban J connectivity index is 2.70. The SMILES string of the molecule is C=C(N/C=C1\C(N)=NC(CCC)=C(C(=O)OCC)C1c1ccccc1Cl)C(C)C. The van der Waals surface area contributed by atoms with Crippen LogP contribution in [0.1, 0.15) is 52.0 Å². The molecule has 1 aliphatic heterocycles. The molecule has 0 saturated carbocycles. The number of esters is 1. The molecule has 0 fully saturated rings. The van der Waals surface area contributed by atoms with Crippen LogP contribution in [0.2, 0.25) is 5.02 Å². The van der Waals surface area contributed by atoms with Crippen molar-refractivity contribution in [3.05, 3.63) is 70.2 Å². The Kier molecular flexibility index (Phi) is 8.09. The molecule has 1 aliphatic rings. The van der Waals surface area contributed by atoms with Gasteiger partial charge in [0.25, 0.3) is 0 Å². The second kappa shape index (κ2) is 10.3. The van der Waals surface area contributed by atoms with E-state index in [1.807, 2.05) is 39.0 Å². The molecule has 5 nitrogen and oxygen atoms in total. The molecule has 1 aromatic rings. The number of carbonyl (C=O) groups excluding carboxylic acids is 1. The smallest absolute Gasteiger partial charge is 0.336 e. The van der Waals surface area contributed by atoms with Crippen LogP contribution < -0.4 is 11.1 Å². The Morgan fingerprint density at radius 2 is 2.07 bits per heavy atom. The van der Waals surface area contributed by atoms with E-state index in [9.17, 15) is 4.79 Å². The molecule has 156 valence electrons. The van der Waals surface area contributed by atoms with Crippen molar-refractivity contribution < 1.29 is 9.53 Å². The number of nitrogens with two attached hydrogens (primary N) is 1. The molecule has 0 amide bonds. The zero-order chi connectivity index (χ0) is 21.6. The summed E-state index contributed by atoms with van der Waals surface area (Å²) < 4.78 is 5.38. The second-order valence-corrected chi connectivity index (χ2v) is 7.61. The molecule has 1 unspecified atom stereocenters. The lowest BCUT2D eigenvalue weighted by Gasteiger charge is -2.29. The van der Waals surface area contributed by atoms with Gasteiger partial charge in [-0.2, -0.15) is 0 Å². The highest BCUT2D eigenvalue weighted by Crippen LogP contribution is 2.41. The van der Waals surface area contributed by atoms with Crippen molar-refractivity contribution in [1.29, 1.82) is 0 Å². The fourth-order valence-corrected chi connectivity index (χ4v) is 3.38. The molecule has 0 aliphatic carbocycles. The van der Waals surface area contributed by atoms with E-state index in [1.165, 1.54) is 0 Å². The van der Waals surface area contributed by atoms with Crippen LogP contribution in [0, 0.1) is 5.92 Å². The molecule has 2 rings (SSSR count). The normalized spacial score (nSPS) is 18.1. The summed E-state index contributed by atoms with van der Waals surface area (Å²) >= 11 is 6.54. The summed E-state index contributed by atoms with van der Waals surface area (Å²) in [7, 11) is 0. The van der Waals surface area contributed by atoms with Crippen LogP contribution in [0.3, 0.4) is 0 Å². The maximum absolute atomic E-state index is 13.0. The first kappa shape index (κ1) is 22.8. The van der Waals surface area contributed by atoms with E-state index in [0.29, 0.717) is 34.1 Å².